The number of carbonyl (C=O) groups is 1. The highest BCUT2D eigenvalue weighted by molar-refractivity contribution is 7.89. The lowest BCUT2D eigenvalue weighted by atomic mass is 9.78. The number of rotatable bonds is 2. The van der Waals surface area contributed by atoms with Gasteiger partial charge in [0.05, 0.1) is 4.90 Å². The van der Waals surface area contributed by atoms with Gasteiger partial charge in [-0.2, -0.15) is 4.31 Å². The van der Waals surface area contributed by atoms with Gasteiger partial charge < -0.3 is 5.32 Å². The minimum atomic E-state index is -3.42. The third-order valence-corrected chi connectivity index (χ3v) is 6.75. The number of benzene rings is 1. The zero-order valence-electron chi connectivity index (χ0n) is 12.1. The first-order valence-corrected chi connectivity index (χ1v) is 8.70. The van der Waals surface area contributed by atoms with E-state index in [4.69, 9.17) is 0 Å². The fourth-order valence-electron chi connectivity index (χ4n) is 3.29. The number of hydrogen-bond donors (Lipinski definition) is 1. The number of aryl methyl sites for hydroxylation is 1. The minimum Gasteiger partial charge on any atom is -0.356 e. The van der Waals surface area contributed by atoms with Crippen molar-refractivity contribution in [3.63, 3.8) is 0 Å². The SMILES string of the molecule is Cc1ccccc1S(=O)(=O)N1CCC2(CC1)CNC(=O)C2. The highest BCUT2D eigenvalue weighted by Gasteiger charge is 2.43. The van der Waals surface area contributed by atoms with E-state index in [-0.39, 0.29) is 11.3 Å². The summed E-state index contributed by atoms with van der Waals surface area (Å²) in [5.41, 5.74) is 0.741. The summed E-state index contributed by atoms with van der Waals surface area (Å²) in [7, 11) is -3.42. The number of nitrogens with one attached hydrogen (secondary N) is 1. The van der Waals surface area contributed by atoms with Gasteiger partial charge in [-0.05, 0) is 36.8 Å². The van der Waals surface area contributed by atoms with E-state index in [0.717, 1.165) is 18.4 Å². The van der Waals surface area contributed by atoms with Crippen LogP contribution in [0, 0.1) is 12.3 Å². The third-order valence-electron chi connectivity index (χ3n) is 4.69. The van der Waals surface area contributed by atoms with Crippen molar-refractivity contribution in [1.29, 1.82) is 0 Å². The van der Waals surface area contributed by atoms with Crippen molar-refractivity contribution >= 4 is 15.9 Å². The van der Waals surface area contributed by atoms with E-state index in [1.807, 2.05) is 19.1 Å². The largest absolute Gasteiger partial charge is 0.356 e. The minimum absolute atomic E-state index is 0.0329. The van der Waals surface area contributed by atoms with Crippen LogP contribution in [-0.4, -0.2) is 38.3 Å². The topological polar surface area (TPSA) is 66.5 Å². The highest BCUT2D eigenvalue weighted by atomic mass is 32.2. The summed E-state index contributed by atoms with van der Waals surface area (Å²) in [4.78, 5) is 11.8. The van der Waals surface area contributed by atoms with Crippen LogP contribution < -0.4 is 5.32 Å². The Hall–Kier alpha value is -1.40. The van der Waals surface area contributed by atoms with Gasteiger partial charge in [0, 0.05) is 26.1 Å². The number of piperidine rings is 1. The molecule has 0 unspecified atom stereocenters. The van der Waals surface area contributed by atoms with E-state index < -0.39 is 10.0 Å². The second-order valence-corrected chi connectivity index (χ2v) is 8.03. The molecule has 114 valence electrons. The van der Waals surface area contributed by atoms with Gasteiger partial charge in [0.1, 0.15) is 0 Å². The molecule has 0 radical (unpaired) electrons. The zero-order valence-corrected chi connectivity index (χ0v) is 12.9. The molecular weight excluding hydrogens is 288 g/mol. The molecule has 2 heterocycles. The molecule has 1 amide bonds. The summed E-state index contributed by atoms with van der Waals surface area (Å²) in [6.07, 6.45) is 2.03. The predicted molar refractivity (Wildman–Crippen MR) is 79.2 cm³/mol. The van der Waals surface area contributed by atoms with Crippen molar-refractivity contribution < 1.29 is 13.2 Å². The molecule has 2 saturated heterocycles. The quantitative estimate of drug-likeness (QED) is 0.895. The Morgan fingerprint density at radius 2 is 1.86 bits per heavy atom. The van der Waals surface area contributed by atoms with Crippen LogP contribution in [0.4, 0.5) is 0 Å². The predicted octanol–water partition coefficient (Wildman–Crippen LogP) is 1.29. The van der Waals surface area contributed by atoms with Crippen molar-refractivity contribution in [1.82, 2.24) is 9.62 Å². The lowest BCUT2D eigenvalue weighted by molar-refractivity contribution is -0.119. The van der Waals surface area contributed by atoms with E-state index in [1.165, 1.54) is 0 Å². The number of carbonyl (C=O) groups excluding carboxylic acids is 1. The average molecular weight is 308 g/mol. The number of amides is 1. The van der Waals surface area contributed by atoms with Crippen LogP contribution in [0.3, 0.4) is 0 Å². The Morgan fingerprint density at radius 3 is 2.43 bits per heavy atom. The van der Waals surface area contributed by atoms with Gasteiger partial charge >= 0.3 is 0 Å². The Labute approximate surface area is 125 Å². The molecular formula is C15H20N2O3S. The summed E-state index contributed by atoms with van der Waals surface area (Å²) in [6.45, 7) is 3.49. The second-order valence-electron chi connectivity index (χ2n) is 6.12. The normalized spacial score (nSPS) is 22.4. The van der Waals surface area contributed by atoms with Gasteiger partial charge in [0.15, 0.2) is 0 Å². The van der Waals surface area contributed by atoms with Crippen molar-refractivity contribution in [3.8, 4) is 0 Å². The van der Waals surface area contributed by atoms with Crippen LogP contribution >= 0.6 is 0 Å². The maximum Gasteiger partial charge on any atom is 0.243 e. The molecule has 1 N–H and O–H groups in total. The molecule has 0 aromatic heterocycles. The Morgan fingerprint density at radius 1 is 1.19 bits per heavy atom. The lowest BCUT2D eigenvalue weighted by Crippen LogP contribution is -2.44. The molecule has 0 atom stereocenters. The summed E-state index contributed by atoms with van der Waals surface area (Å²) in [5.74, 6) is 0.0882. The fourth-order valence-corrected chi connectivity index (χ4v) is 4.96. The Balaban J connectivity index is 1.78. The molecule has 1 aromatic carbocycles. The Kier molecular flexibility index (Phi) is 3.53. The first-order valence-electron chi connectivity index (χ1n) is 7.26. The van der Waals surface area contributed by atoms with Crippen molar-refractivity contribution in [2.24, 2.45) is 5.41 Å². The van der Waals surface area contributed by atoms with Gasteiger partial charge in [0.25, 0.3) is 0 Å². The molecule has 21 heavy (non-hydrogen) atoms. The summed E-state index contributed by atoms with van der Waals surface area (Å²) >= 11 is 0. The van der Waals surface area contributed by atoms with Crippen molar-refractivity contribution in [2.75, 3.05) is 19.6 Å². The van der Waals surface area contributed by atoms with Crippen molar-refractivity contribution in [2.45, 2.75) is 31.1 Å². The highest BCUT2D eigenvalue weighted by Crippen LogP contribution is 2.38. The van der Waals surface area contributed by atoms with Gasteiger partial charge in [-0.1, -0.05) is 18.2 Å². The summed E-state index contributed by atoms with van der Waals surface area (Å²) in [5, 5.41) is 2.87. The van der Waals surface area contributed by atoms with E-state index in [9.17, 15) is 13.2 Å². The second kappa shape index (κ2) is 5.10. The summed E-state index contributed by atoms with van der Waals surface area (Å²) in [6, 6.07) is 7.08. The summed E-state index contributed by atoms with van der Waals surface area (Å²) < 4.78 is 27.0. The molecule has 2 fully saturated rings. The molecule has 1 spiro atoms. The van der Waals surface area contributed by atoms with Crippen LogP contribution in [0.25, 0.3) is 0 Å². The maximum absolute atomic E-state index is 12.7. The van der Waals surface area contributed by atoms with Gasteiger partial charge in [-0.3, -0.25) is 4.79 Å². The van der Waals surface area contributed by atoms with E-state index in [0.29, 0.717) is 31.0 Å². The fraction of sp³-hybridized carbons (Fsp3) is 0.533. The van der Waals surface area contributed by atoms with Crippen LogP contribution in [0.5, 0.6) is 0 Å². The standard InChI is InChI=1S/C15H20N2O3S/c1-12-4-2-3-5-13(12)21(19,20)17-8-6-15(7-9-17)10-14(18)16-11-15/h2-5H,6-11H2,1H3,(H,16,18). The zero-order chi connectivity index (χ0) is 15.1. The molecule has 2 aliphatic heterocycles. The first-order chi connectivity index (χ1) is 9.93. The van der Waals surface area contributed by atoms with Gasteiger partial charge in [-0.25, -0.2) is 8.42 Å². The van der Waals surface area contributed by atoms with Crippen LogP contribution in [-0.2, 0) is 14.8 Å². The lowest BCUT2D eigenvalue weighted by Gasteiger charge is -2.37. The number of hydrogen-bond acceptors (Lipinski definition) is 3. The van der Waals surface area contributed by atoms with Crippen LogP contribution in [0.1, 0.15) is 24.8 Å². The molecule has 0 bridgehead atoms. The molecule has 1 aromatic rings. The van der Waals surface area contributed by atoms with Crippen molar-refractivity contribution in [3.05, 3.63) is 29.8 Å². The first kappa shape index (κ1) is 14.5. The molecule has 3 rings (SSSR count). The third kappa shape index (κ3) is 2.58. The van der Waals surface area contributed by atoms with Crippen LogP contribution in [0.2, 0.25) is 0 Å². The monoisotopic (exact) mass is 308 g/mol. The smallest absolute Gasteiger partial charge is 0.243 e. The van der Waals surface area contributed by atoms with Gasteiger partial charge in [-0.15, -0.1) is 0 Å². The number of sulfonamides is 1. The van der Waals surface area contributed by atoms with Crippen LogP contribution in [0.15, 0.2) is 29.2 Å². The average Bonchev–Trinajstić information content (AvgIpc) is 2.80. The molecule has 6 heteroatoms. The molecule has 0 aliphatic carbocycles. The Bertz CT molecular complexity index is 661. The van der Waals surface area contributed by atoms with Gasteiger partial charge in [0.2, 0.25) is 15.9 Å². The van der Waals surface area contributed by atoms with E-state index in [1.54, 1.807) is 16.4 Å². The van der Waals surface area contributed by atoms with E-state index >= 15 is 0 Å². The maximum atomic E-state index is 12.7. The molecule has 2 aliphatic rings. The molecule has 0 saturated carbocycles. The van der Waals surface area contributed by atoms with E-state index in [2.05, 4.69) is 5.32 Å². The number of nitrogens with zero attached hydrogens (tertiary/aromatic N) is 1. The molecule has 5 nitrogen and oxygen atoms in total.